The Morgan fingerprint density at radius 1 is 1.15 bits per heavy atom. The van der Waals surface area contributed by atoms with Crippen molar-refractivity contribution in [3.05, 3.63) is 0 Å². The van der Waals surface area contributed by atoms with Crippen molar-refractivity contribution in [1.29, 1.82) is 0 Å². The zero-order valence-corrected chi connectivity index (χ0v) is 8.54. The first-order chi connectivity index (χ1) is 5.36. The molecule has 0 aliphatic heterocycles. The maximum Gasteiger partial charge on any atom is 0.382 e. The van der Waals surface area contributed by atoms with E-state index in [1.54, 1.807) is 0 Å². The highest BCUT2D eigenvalue weighted by molar-refractivity contribution is 9.15. The smallest absolute Gasteiger partial charge is 0.296 e. The fourth-order valence-corrected chi connectivity index (χ4v) is 4.71. The van der Waals surface area contributed by atoms with Crippen LogP contribution in [0.3, 0.4) is 0 Å². The molecule has 5 N–H and O–H groups in total. The van der Waals surface area contributed by atoms with Gasteiger partial charge >= 0.3 is 16.8 Å². The summed E-state index contributed by atoms with van der Waals surface area (Å²) in [6.07, 6.45) is 0. The molecule has 0 aliphatic rings. The molecule has 9 nitrogen and oxygen atoms in total. The molecular formula is CH8O9S3. The van der Waals surface area contributed by atoms with Crippen LogP contribution in [0.4, 0.5) is 0 Å². The molecule has 0 aliphatic carbocycles. The van der Waals surface area contributed by atoms with Crippen LogP contribution < -0.4 is 0 Å². The van der Waals surface area contributed by atoms with E-state index in [9.17, 15) is 12.6 Å². The number of rotatable bonds is 3. The van der Waals surface area contributed by atoms with Gasteiger partial charge in [-0.2, -0.15) is 12.6 Å². The van der Waals surface area contributed by atoms with Gasteiger partial charge in [0.15, 0.2) is 0 Å². The molecule has 0 bridgehead atoms. The molecular weight excluding hydrogens is 252 g/mol. The van der Waals surface area contributed by atoms with Crippen molar-refractivity contribution in [1.82, 2.24) is 0 Å². The summed E-state index contributed by atoms with van der Waals surface area (Å²) in [5.41, 5.74) is 0. The first kappa shape index (κ1) is 13.2. The highest BCUT2D eigenvalue weighted by atomic mass is 33.6. The number of hydrogen-bond acceptors (Lipinski definition) is 7. The van der Waals surface area contributed by atoms with Crippen LogP contribution in [-0.4, -0.2) is 42.5 Å². The van der Waals surface area contributed by atoms with Gasteiger partial charge in [-0.25, -0.2) is 0 Å². The molecule has 0 aromatic heterocycles. The highest BCUT2D eigenvalue weighted by Crippen LogP contribution is 2.59. The second-order valence-electron chi connectivity index (χ2n) is 1.77. The van der Waals surface area contributed by atoms with Crippen molar-refractivity contribution >= 4 is 26.7 Å². The lowest BCUT2D eigenvalue weighted by Gasteiger charge is -2.39. The van der Waals surface area contributed by atoms with Gasteiger partial charge in [-0.3, -0.25) is 26.9 Å². The molecule has 0 saturated carbocycles. The van der Waals surface area contributed by atoms with Gasteiger partial charge in [0.25, 0.3) is 0 Å². The monoisotopic (exact) mass is 260 g/mol. The third-order valence-electron chi connectivity index (χ3n) is 1.00. The van der Waals surface area contributed by atoms with E-state index in [0.29, 0.717) is 7.11 Å². The minimum atomic E-state index is -6.81. The molecule has 0 rings (SSSR count). The van der Waals surface area contributed by atoms with E-state index in [-0.39, 0.29) is 0 Å². The van der Waals surface area contributed by atoms with Crippen LogP contribution in [0.2, 0.25) is 0 Å². The fourth-order valence-electron chi connectivity index (χ4n) is 0.293. The zero-order valence-electron chi connectivity index (χ0n) is 6.09. The Hall–Kier alpha value is 0.210. The maximum absolute atomic E-state index is 11.0. The minimum absolute atomic E-state index is 0.299. The van der Waals surface area contributed by atoms with Gasteiger partial charge in [0.2, 0.25) is 9.90 Å². The average molecular weight is 260 g/mol. The predicted molar refractivity (Wildman–Crippen MR) is 44.8 cm³/mol. The largest absolute Gasteiger partial charge is 0.382 e. The Balaban J connectivity index is 5.99. The molecule has 0 aromatic carbocycles. The van der Waals surface area contributed by atoms with Crippen molar-refractivity contribution in [3.63, 3.8) is 0 Å². The maximum atomic E-state index is 11.0. The Morgan fingerprint density at radius 2 is 1.46 bits per heavy atom. The van der Waals surface area contributed by atoms with E-state index < -0.39 is 26.7 Å². The molecule has 0 aromatic rings. The van der Waals surface area contributed by atoms with E-state index in [1.165, 1.54) is 0 Å². The summed E-state index contributed by atoms with van der Waals surface area (Å²) < 4.78 is 77.0. The lowest BCUT2D eigenvalue weighted by Crippen LogP contribution is -2.45. The molecule has 0 fully saturated rings. The Morgan fingerprint density at radius 3 is 1.46 bits per heavy atom. The van der Waals surface area contributed by atoms with Gasteiger partial charge in [0.05, 0.1) is 7.11 Å². The standard InChI is InChI=1S/CH8O9S3/c1-10-13(8,9,11(2,3)4)12(5,6)7/h2-4H,1H3,(H,8,9)(H,5,6,7). The van der Waals surface area contributed by atoms with Crippen LogP contribution in [0.25, 0.3) is 0 Å². The van der Waals surface area contributed by atoms with Gasteiger partial charge in [0.1, 0.15) is 0 Å². The quantitative estimate of drug-likeness (QED) is 0.341. The summed E-state index contributed by atoms with van der Waals surface area (Å²) >= 11 is 0. The third-order valence-corrected chi connectivity index (χ3v) is 11.4. The summed E-state index contributed by atoms with van der Waals surface area (Å²) in [7, 11) is -17.9. The van der Waals surface area contributed by atoms with E-state index in [0.717, 1.165) is 0 Å². The number of hydrogen-bond donors (Lipinski definition) is 5. The van der Waals surface area contributed by atoms with E-state index >= 15 is 0 Å². The summed E-state index contributed by atoms with van der Waals surface area (Å²) in [5, 5.41) is 0. The fraction of sp³-hybridized carbons (Fsp3) is 1.00. The van der Waals surface area contributed by atoms with Crippen molar-refractivity contribution < 1.29 is 39.6 Å². The average Bonchev–Trinajstić information content (AvgIpc) is 1.83. The SMILES string of the molecule is COS(=O)(O)(S(O)(O)O)S(=O)(=O)O. The van der Waals surface area contributed by atoms with Gasteiger partial charge < -0.3 is 0 Å². The third kappa shape index (κ3) is 1.60. The topological polar surface area (TPSA) is 162 Å². The Labute approximate surface area is 73.9 Å². The van der Waals surface area contributed by atoms with Gasteiger partial charge in [-0.1, -0.05) is 0 Å². The van der Waals surface area contributed by atoms with Gasteiger partial charge in [0, 0.05) is 0 Å². The Bertz CT molecular complexity index is 357. The molecule has 12 heteroatoms. The molecule has 0 unspecified atom stereocenters. The lowest BCUT2D eigenvalue weighted by molar-refractivity contribution is 0.322. The van der Waals surface area contributed by atoms with E-state index in [1.807, 2.05) is 0 Å². The normalized spacial score (nSPS) is 19.1. The van der Waals surface area contributed by atoms with Gasteiger partial charge in [-0.05, 0) is 0 Å². The van der Waals surface area contributed by atoms with Crippen molar-refractivity contribution in [2.24, 2.45) is 0 Å². The van der Waals surface area contributed by atoms with Crippen LogP contribution in [0.15, 0.2) is 0 Å². The van der Waals surface area contributed by atoms with Crippen LogP contribution in [0.5, 0.6) is 0 Å². The van der Waals surface area contributed by atoms with E-state index in [2.05, 4.69) is 4.18 Å². The second-order valence-corrected chi connectivity index (χ2v) is 12.1. The summed E-state index contributed by atoms with van der Waals surface area (Å²) in [6.45, 7) is 0. The molecule has 0 saturated heterocycles. The van der Waals surface area contributed by atoms with Crippen LogP contribution in [0, 0.1) is 0 Å². The second kappa shape index (κ2) is 2.85. The molecule has 0 heterocycles. The molecule has 0 radical (unpaired) electrons. The molecule has 0 amide bonds. The summed E-state index contributed by atoms with van der Waals surface area (Å²) in [5.74, 6) is 0. The van der Waals surface area contributed by atoms with Crippen LogP contribution >= 0.6 is 9.90 Å². The van der Waals surface area contributed by atoms with E-state index in [4.69, 9.17) is 22.8 Å². The zero-order chi connectivity index (χ0) is 11.2. The first-order valence-corrected chi connectivity index (χ1v) is 8.15. The Kier molecular flexibility index (Phi) is 2.89. The summed E-state index contributed by atoms with van der Waals surface area (Å²) in [6, 6.07) is 0. The minimum Gasteiger partial charge on any atom is -0.296 e. The van der Waals surface area contributed by atoms with Gasteiger partial charge in [-0.15, -0.1) is 0 Å². The molecule has 84 valence electrons. The molecule has 0 spiro atoms. The lowest BCUT2D eigenvalue weighted by atomic mass is 11.8. The summed E-state index contributed by atoms with van der Waals surface area (Å²) in [4.78, 5) is 0. The van der Waals surface area contributed by atoms with Crippen LogP contribution in [0.1, 0.15) is 0 Å². The van der Waals surface area contributed by atoms with Crippen molar-refractivity contribution in [3.8, 4) is 0 Å². The first-order valence-electron chi connectivity index (χ1n) is 2.32. The van der Waals surface area contributed by atoms with Crippen LogP contribution in [-0.2, 0) is 21.0 Å². The van der Waals surface area contributed by atoms with Crippen molar-refractivity contribution in [2.45, 2.75) is 0 Å². The van der Waals surface area contributed by atoms with Crippen molar-refractivity contribution in [2.75, 3.05) is 7.11 Å². The highest BCUT2D eigenvalue weighted by Gasteiger charge is 2.62. The molecule has 13 heavy (non-hydrogen) atoms. The predicted octanol–water partition coefficient (Wildman–Crippen LogP) is -0.218. The molecule has 0 atom stereocenters.